The lowest BCUT2D eigenvalue weighted by Gasteiger charge is -2.26. The van der Waals surface area contributed by atoms with Gasteiger partial charge < -0.3 is 9.47 Å². The molecule has 0 aromatic heterocycles. The zero-order chi connectivity index (χ0) is 38.8. The number of fused-ring (bicyclic) bond motifs is 2. The van der Waals surface area contributed by atoms with E-state index < -0.39 is 46.7 Å². The topological polar surface area (TPSA) is 52.6 Å². The van der Waals surface area contributed by atoms with Crippen molar-refractivity contribution in [3.8, 4) is 11.5 Å². The second-order valence-corrected chi connectivity index (χ2v) is 16.1. The lowest BCUT2D eigenvalue weighted by atomic mass is 9.79. The molecular formula is C48H40F4O4. The monoisotopic (exact) mass is 756 g/mol. The number of carbonyl (C=O) groups excluding carboxylic acids is 2. The van der Waals surface area contributed by atoms with Crippen molar-refractivity contribution in [1.29, 1.82) is 0 Å². The zero-order valence-corrected chi connectivity index (χ0v) is 31.2. The summed E-state index contributed by atoms with van der Waals surface area (Å²) in [7, 11) is 0. The van der Waals surface area contributed by atoms with Crippen molar-refractivity contribution >= 4 is 55.0 Å². The molecule has 0 radical (unpaired) electrons. The third kappa shape index (κ3) is 6.23. The largest absolute Gasteiger partial charge is 0.417 e. The summed E-state index contributed by atoms with van der Waals surface area (Å²) in [5.74, 6) is -5.60. The minimum atomic E-state index is -0.915. The van der Waals surface area contributed by atoms with E-state index in [2.05, 4.69) is 13.8 Å². The van der Waals surface area contributed by atoms with E-state index >= 15 is 17.6 Å². The van der Waals surface area contributed by atoms with Gasteiger partial charge in [0.25, 0.3) is 0 Å². The average molecular weight is 757 g/mol. The Balaban J connectivity index is 1.05. The summed E-state index contributed by atoms with van der Waals surface area (Å²) in [6, 6.07) is 22.7. The van der Waals surface area contributed by atoms with Crippen molar-refractivity contribution in [3.63, 3.8) is 0 Å². The van der Waals surface area contributed by atoms with Crippen LogP contribution in [0.15, 0.2) is 84.9 Å². The number of carbonyl (C=O) groups is 2. The Morgan fingerprint density at radius 2 is 0.786 bits per heavy atom. The normalized spacial score (nSPS) is 20.2. The number of rotatable bonds is 6. The fourth-order valence-electron chi connectivity index (χ4n) is 9.37. The van der Waals surface area contributed by atoms with Gasteiger partial charge in [-0.25, -0.2) is 27.2 Å². The van der Waals surface area contributed by atoms with Crippen LogP contribution in [0.3, 0.4) is 0 Å². The Morgan fingerprint density at radius 3 is 1.14 bits per heavy atom. The van der Waals surface area contributed by atoms with Crippen LogP contribution < -0.4 is 9.47 Å². The van der Waals surface area contributed by atoms with Gasteiger partial charge in [-0.2, -0.15) is 0 Å². The molecule has 0 bridgehead atoms. The lowest BCUT2D eigenvalue weighted by Crippen LogP contribution is -2.14. The van der Waals surface area contributed by atoms with Gasteiger partial charge in [0.15, 0.2) is 23.3 Å². The maximum atomic E-state index is 15.4. The van der Waals surface area contributed by atoms with Gasteiger partial charge in [0, 0.05) is 0 Å². The molecule has 9 rings (SSSR count). The van der Waals surface area contributed by atoms with Crippen LogP contribution >= 0.6 is 0 Å². The molecule has 0 amide bonds. The summed E-state index contributed by atoms with van der Waals surface area (Å²) in [6.07, 6.45) is 7.43. The molecule has 2 saturated carbocycles. The van der Waals surface area contributed by atoms with Gasteiger partial charge in [-0.3, -0.25) is 0 Å². The van der Waals surface area contributed by atoms with E-state index in [-0.39, 0.29) is 23.0 Å². The fraction of sp³-hybridized carbons (Fsp3) is 0.292. The van der Waals surface area contributed by atoms with E-state index in [9.17, 15) is 9.59 Å². The van der Waals surface area contributed by atoms with Crippen LogP contribution in [0.5, 0.6) is 11.5 Å². The molecule has 0 atom stereocenters. The van der Waals surface area contributed by atoms with Crippen molar-refractivity contribution < 1.29 is 36.6 Å². The highest BCUT2D eigenvalue weighted by Gasteiger charge is 2.28. The maximum absolute atomic E-state index is 15.4. The number of hydrogen-bond donors (Lipinski definition) is 0. The molecule has 7 aromatic rings. The molecular weight excluding hydrogens is 717 g/mol. The van der Waals surface area contributed by atoms with E-state index in [1.165, 1.54) is 24.3 Å². The van der Waals surface area contributed by atoms with Gasteiger partial charge in [0.1, 0.15) is 0 Å². The summed E-state index contributed by atoms with van der Waals surface area (Å²) in [5.41, 5.74) is 1.43. The minimum Gasteiger partial charge on any atom is -0.417 e. The van der Waals surface area contributed by atoms with Crippen LogP contribution in [0.4, 0.5) is 17.6 Å². The number of ether oxygens (including phenoxy) is 2. The van der Waals surface area contributed by atoms with E-state index in [1.807, 2.05) is 12.1 Å². The molecule has 8 heteroatoms. The number of benzene rings is 7. The predicted molar refractivity (Wildman–Crippen MR) is 211 cm³/mol. The van der Waals surface area contributed by atoms with Crippen LogP contribution in [0.25, 0.3) is 43.1 Å². The first kappa shape index (κ1) is 36.2. The standard InChI is InChI=1S/C48H40F4O4/c1-25-9-13-27(14-10-25)29-21-39(49)45(40(50)22-29)55-47(53)37-19-17-35-32-6-4-8-34-38(20-18-36(44(32)34)31-5-3-7-33(37)43(31)35)48(54)56-46-41(51)23-30(24-42(46)52)28-15-11-26(2)12-16-28/h3-8,17-28H,9-16H2,1-2H3/t25-,26-,27-,28-. The summed E-state index contributed by atoms with van der Waals surface area (Å²) in [6.45, 7) is 4.36. The second-order valence-electron chi connectivity index (χ2n) is 16.1. The van der Waals surface area contributed by atoms with Gasteiger partial charge in [-0.15, -0.1) is 0 Å². The van der Waals surface area contributed by atoms with Crippen molar-refractivity contribution in [1.82, 2.24) is 0 Å². The van der Waals surface area contributed by atoms with E-state index in [0.29, 0.717) is 33.7 Å². The molecule has 2 fully saturated rings. The smallest absolute Gasteiger partial charge is 0.344 e. The Kier molecular flexibility index (Phi) is 9.18. The first-order chi connectivity index (χ1) is 27.0. The fourth-order valence-corrected chi connectivity index (χ4v) is 9.37. The number of halogens is 4. The Hall–Kier alpha value is -5.50. The van der Waals surface area contributed by atoms with E-state index in [4.69, 9.17) is 9.47 Å². The van der Waals surface area contributed by atoms with Crippen LogP contribution in [0.2, 0.25) is 0 Å². The Bertz CT molecular complexity index is 2440. The highest BCUT2D eigenvalue weighted by atomic mass is 19.1. The average Bonchev–Trinajstić information content (AvgIpc) is 3.19. The maximum Gasteiger partial charge on any atom is 0.344 e. The SMILES string of the molecule is C[C@H]1CC[C@H](c2cc(F)c(OC(=O)c3ccc4c5cccc6c(C(=O)Oc7c(F)cc([C@H]8CC[C@H](C)CC8)cc7F)ccc(c7cccc3c74)c65)c(F)c2)CC1. The second kappa shape index (κ2) is 14.2. The molecule has 4 nitrogen and oxygen atoms in total. The van der Waals surface area contributed by atoms with Crippen molar-refractivity contribution in [2.75, 3.05) is 0 Å². The summed E-state index contributed by atoms with van der Waals surface area (Å²) in [4.78, 5) is 27.4. The van der Waals surface area contributed by atoms with Gasteiger partial charge in [0.2, 0.25) is 11.5 Å². The molecule has 0 saturated heterocycles. The molecule has 0 N–H and O–H groups in total. The van der Waals surface area contributed by atoms with Crippen LogP contribution in [-0.4, -0.2) is 11.9 Å². The van der Waals surface area contributed by atoms with E-state index in [0.717, 1.165) is 83.7 Å². The zero-order valence-electron chi connectivity index (χ0n) is 31.2. The molecule has 0 unspecified atom stereocenters. The highest BCUT2D eigenvalue weighted by Crippen LogP contribution is 2.44. The van der Waals surface area contributed by atoms with Crippen LogP contribution in [0.1, 0.15) is 109 Å². The first-order valence-corrected chi connectivity index (χ1v) is 19.6. The van der Waals surface area contributed by atoms with E-state index in [1.54, 1.807) is 48.5 Å². The number of hydrogen-bond acceptors (Lipinski definition) is 4. The van der Waals surface area contributed by atoms with Gasteiger partial charge in [0.05, 0.1) is 11.1 Å². The molecule has 2 aliphatic carbocycles. The van der Waals surface area contributed by atoms with Gasteiger partial charge in [-0.1, -0.05) is 88.1 Å². The summed E-state index contributed by atoms with van der Waals surface area (Å²) in [5, 5.41) is 5.60. The van der Waals surface area contributed by atoms with Crippen molar-refractivity contribution in [3.05, 3.63) is 130 Å². The third-order valence-corrected chi connectivity index (χ3v) is 12.5. The summed E-state index contributed by atoms with van der Waals surface area (Å²) < 4.78 is 72.4. The quantitative estimate of drug-likeness (QED) is 0.0557. The molecule has 7 aromatic carbocycles. The van der Waals surface area contributed by atoms with Crippen LogP contribution in [-0.2, 0) is 0 Å². The molecule has 56 heavy (non-hydrogen) atoms. The summed E-state index contributed by atoms with van der Waals surface area (Å²) >= 11 is 0. The van der Waals surface area contributed by atoms with Gasteiger partial charge >= 0.3 is 11.9 Å². The Labute approximate surface area is 321 Å². The van der Waals surface area contributed by atoms with Crippen LogP contribution in [0, 0.1) is 35.1 Å². The molecule has 0 aliphatic heterocycles. The van der Waals surface area contributed by atoms with Crippen molar-refractivity contribution in [2.45, 2.75) is 77.0 Å². The first-order valence-electron chi connectivity index (χ1n) is 19.6. The lowest BCUT2D eigenvalue weighted by molar-refractivity contribution is 0.0713. The third-order valence-electron chi connectivity index (χ3n) is 12.5. The molecule has 2 aliphatic rings. The Morgan fingerprint density at radius 1 is 0.464 bits per heavy atom. The molecule has 0 heterocycles. The molecule has 284 valence electrons. The van der Waals surface area contributed by atoms with Gasteiger partial charge in [-0.05, 0) is 140 Å². The predicted octanol–water partition coefficient (Wildman–Crippen LogP) is 13.3. The highest BCUT2D eigenvalue weighted by molar-refractivity contribution is 6.35. The number of esters is 2. The molecule has 0 spiro atoms. The van der Waals surface area contributed by atoms with Crippen molar-refractivity contribution in [2.24, 2.45) is 11.8 Å². The minimum absolute atomic E-state index is 0.0627.